The molecule has 2 aromatic rings. The van der Waals surface area contributed by atoms with E-state index in [-0.39, 0.29) is 18.1 Å². The first-order valence-corrected chi connectivity index (χ1v) is 7.12. The molecule has 0 fully saturated rings. The van der Waals surface area contributed by atoms with Crippen molar-refractivity contribution in [3.05, 3.63) is 47.2 Å². The molecule has 0 radical (unpaired) electrons. The average molecular weight is 339 g/mol. The van der Waals surface area contributed by atoms with Crippen LogP contribution in [0.15, 0.2) is 30.3 Å². The average Bonchev–Trinajstić information content (AvgIpc) is 2.48. The lowest BCUT2D eigenvalue weighted by atomic mass is 10.1. The molecule has 1 aromatic heterocycles. The second-order valence-corrected chi connectivity index (χ2v) is 5.27. The number of benzene rings is 1. The van der Waals surface area contributed by atoms with Crippen molar-refractivity contribution in [3.8, 4) is 5.75 Å². The summed E-state index contributed by atoms with van der Waals surface area (Å²) in [5.41, 5.74) is 2.19. The van der Waals surface area contributed by atoms with Gasteiger partial charge >= 0.3 is 6.18 Å². The van der Waals surface area contributed by atoms with E-state index in [2.05, 4.69) is 20.3 Å². The number of ether oxygens (including phenoxy) is 1. The van der Waals surface area contributed by atoms with Gasteiger partial charge in [0.1, 0.15) is 5.75 Å². The molecule has 0 spiro atoms. The molecule has 1 aromatic carbocycles. The van der Waals surface area contributed by atoms with Gasteiger partial charge in [-0.25, -0.2) is 0 Å². The van der Waals surface area contributed by atoms with Crippen LogP contribution in [-0.4, -0.2) is 28.9 Å². The number of rotatable bonds is 5. The predicted molar refractivity (Wildman–Crippen MR) is 81.8 cm³/mol. The molecule has 0 unspecified atom stereocenters. The smallest absolute Gasteiger partial charge is 0.422 e. The first-order chi connectivity index (χ1) is 11.2. The number of hydrogen-bond donors (Lipinski definition) is 1. The maximum absolute atomic E-state index is 12.2. The Kier molecular flexibility index (Phi) is 5.38. The van der Waals surface area contributed by atoms with Gasteiger partial charge in [-0.1, -0.05) is 12.1 Å². The summed E-state index contributed by atoms with van der Waals surface area (Å²) in [6, 6.07) is 7.67. The fraction of sp³-hybridized carbons (Fsp3) is 0.312. The van der Waals surface area contributed by atoms with Crippen molar-refractivity contribution in [3.63, 3.8) is 0 Å². The van der Waals surface area contributed by atoms with Crippen LogP contribution in [0.2, 0.25) is 0 Å². The lowest BCUT2D eigenvalue weighted by molar-refractivity contribution is -0.153. The second kappa shape index (κ2) is 7.29. The minimum Gasteiger partial charge on any atom is -0.484 e. The van der Waals surface area contributed by atoms with Gasteiger partial charge in [-0.2, -0.15) is 18.3 Å². The number of nitrogens with one attached hydrogen (secondary N) is 1. The molecule has 2 rings (SSSR count). The van der Waals surface area contributed by atoms with Gasteiger partial charge in [0, 0.05) is 0 Å². The van der Waals surface area contributed by atoms with Gasteiger partial charge in [-0.05, 0) is 43.2 Å². The van der Waals surface area contributed by atoms with Crippen LogP contribution in [-0.2, 0) is 11.2 Å². The SMILES string of the molecule is Cc1cc(NC(=O)Cc2cccc(OCC(F)(F)F)c2)nnc1C. The molecule has 128 valence electrons. The van der Waals surface area contributed by atoms with Gasteiger partial charge in [-0.15, -0.1) is 5.10 Å². The van der Waals surface area contributed by atoms with Crippen molar-refractivity contribution in [2.75, 3.05) is 11.9 Å². The first-order valence-electron chi connectivity index (χ1n) is 7.12. The largest absolute Gasteiger partial charge is 0.484 e. The summed E-state index contributed by atoms with van der Waals surface area (Å²) >= 11 is 0. The zero-order valence-corrected chi connectivity index (χ0v) is 13.1. The molecular formula is C16H16F3N3O2. The number of nitrogens with zero attached hydrogens (tertiary/aromatic N) is 2. The highest BCUT2D eigenvalue weighted by atomic mass is 19.4. The van der Waals surface area contributed by atoms with Crippen molar-refractivity contribution in [1.82, 2.24) is 10.2 Å². The minimum atomic E-state index is -4.41. The van der Waals surface area contributed by atoms with Crippen molar-refractivity contribution in [2.45, 2.75) is 26.4 Å². The number of carbonyl (C=O) groups is 1. The molecule has 0 saturated heterocycles. The van der Waals surface area contributed by atoms with E-state index in [1.807, 2.05) is 6.92 Å². The molecule has 8 heteroatoms. The lowest BCUT2D eigenvalue weighted by Crippen LogP contribution is -2.19. The Morgan fingerprint density at radius 2 is 1.96 bits per heavy atom. The fourth-order valence-electron chi connectivity index (χ4n) is 1.89. The van der Waals surface area contributed by atoms with Crippen molar-refractivity contribution < 1.29 is 22.7 Å². The number of anilines is 1. The van der Waals surface area contributed by atoms with Crippen molar-refractivity contribution in [2.24, 2.45) is 0 Å². The van der Waals surface area contributed by atoms with Crippen molar-refractivity contribution in [1.29, 1.82) is 0 Å². The van der Waals surface area contributed by atoms with E-state index in [1.165, 1.54) is 18.2 Å². The molecule has 1 heterocycles. The molecule has 0 saturated carbocycles. The van der Waals surface area contributed by atoms with Crippen LogP contribution in [0.1, 0.15) is 16.8 Å². The van der Waals surface area contributed by atoms with E-state index in [1.54, 1.807) is 19.1 Å². The molecule has 0 aliphatic carbocycles. The van der Waals surface area contributed by atoms with E-state index in [0.29, 0.717) is 11.4 Å². The normalized spacial score (nSPS) is 11.2. The van der Waals surface area contributed by atoms with Crippen LogP contribution in [0.5, 0.6) is 5.75 Å². The van der Waals surface area contributed by atoms with Crippen LogP contribution in [0.4, 0.5) is 19.0 Å². The first kappa shape index (κ1) is 17.7. The molecular weight excluding hydrogens is 323 g/mol. The number of aromatic nitrogens is 2. The lowest BCUT2D eigenvalue weighted by Gasteiger charge is -2.10. The Labute approximate surface area is 136 Å². The second-order valence-electron chi connectivity index (χ2n) is 5.27. The highest BCUT2D eigenvalue weighted by Gasteiger charge is 2.28. The quantitative estimate of drug-likeness (QED) is 0.908. The number of alkyl halides is 3. The van der Waals surface area contributed by atoms with E-state index in [9.17, 15) is 18.0 Å². The molecule has 5 nitrogen and oxygen atoms in total. The highest BCUT2D eigenvalue weighted by Crippen LogP contribution is 2.19. The zero-order chi connectivity index (χ0) is 17.7. The third-order valence-electron chi connectivity index (χ3n) is 3.16. The van der Waals surface area contributed by atoms with E-state index < -0.39 is 12.8 Å². The van der Waals surface area contributed by atoms with Crippen LogP contribution in [0.3, 0.4) is 0 Å². The molecule has 0 atom stereocenters. The number of hydrogen-bond acceptors (Lipinski definition) is 4. The maximum atomic E-state index is 12.2. The topological polar surface area (TPSA) is 64.1 Å². The van der Waals surface area contributed by atoms with Crippen molar-refractivity contribution >= 4 is 11.7 Å². The van der Waals surface area contributed by atoms with E-state index in [0.717, 1.165) is 11.3 Å². The Bertz CT molecular complexity index is 733. The minimum absolute atomic E-state index is 0.0160. The number of carbonyl (C=O) groups excluding carboxylic acids is 1. The van der Waals surface area contributed by atoms with E-state index in [4.69, 9.17) is 0 Å². The Morgan fingerprint density at radius 1 is 1.21 bits per heavy atom. The zero-order valence-electron chi connectivity index (χ0n) is 13.1. The van der Waals surface area contributed by atoms with Crippen LogP contribution in [0, 0.1) is 13.8 Å². The monoisotopic (exact) mass is 339 g/mol. The van der Waals surface area contributed by atoms with Crippen LogP contribution >= 0.6 is 0 Å². The van der Waals surface area contributed by atoms with Crippen LogP contribution in [0.25, 0.3) is 0 Å². The van der Waals surface area contributed by atoms with Gasteiger partial charge in [0.15, 0.2) is 12.4 Å². The summed E-state index contributed by atoms with van der Waals surface area (Å²) in [5.74, 6) is 0.0386. The Hall–Kier alpha value is -2.64. The third kappa shape index (κ3) is 5.53. The standard InChI is InChI=1S/C16H16F3N3O2/c1-10-6-14(22-21-11(10)2)20-15(23)8-12-4-3-5-13(7-12)24-9-16(17,18)19/h3-7H,8-9H2,1-2H3,(H,20,22,23). The van der Waals surface area contributed by atoms with Gasteiger partial charge in [0.05, 0.1) is 12.1 Å². The molecule has 0 aliphatic heterocycles. The van der Waals surface area contributed by atoms with Crippen LogP contribution < -0.4 is 10.1 Å². The fourth-order valence-corrected chi connectivity index (χ4v) is 1.89. The number of aryl methyl sites for hydroxylation is 2. The molecule has 24 heavy (non-hydrogen) atoms. The summed E-state index contributed by atoms with van der Waals surface area (Å²) < 4.78 is 41.1. The maximum Gasteiger partial charge on any atom is 0.422 e. The predicted octanol–water partition coefficient (Wildman–Crippen LogP) is 3.22. The number of halogens is 3. The summed E-state index contributed by atoms with van der Waals surface area (Å²) in [5, 5.41) is 10.4. The summed E-state index contributed by atoms with van der Waals surface area (Å²) in [7, 11) is 0. The summed E-state index contributed by atoms with van der Waals surface area (Å²) in [6.45, 7) is 2.28. The third-order valence-corrected chi connectivity index (χ3v) is 3.16. The Balaban J connectivity index is 1.97. The van der Waals surface area contributed by atoms with Gasteiger partial charge in [0.25, 0.3) is 0 Å². The van der Waals surface area contributed by atoms with Gasteiger partial charge in [0.2, 0.25) is 5.91 Å². The van der Waals surface area contributed by atoms with Gasteiger partial charge in [-0.3, -0.25) is 4.79 Å². The van der Waals surface area contributed by atoms with E-state index >= 15 is 0 Å². The summed E-state index contributed by atoms with van der Waals surface area (Å²) in [6.07, 6.45) is -4.42. The Morgan fingerprint density at radius 3 is 2.62 bits per heavy atom. The van der Waals surface area contributed by atoms with Gasteiger partial charge < -0.3 is 10.1 Å². The molecule has 1 N–H and O–H groups in total. The summed E-state index contributed by atoms with van der Waals surface area (Å²) in [4.78, 5) is 12.0. The molecule has 1 amide bonds. The molecule has 0 bridgehead atoms. The molecule has 0 aliphatic rings. The number of amides is 1. The highest BCUT2D eigenvalue weighted by molar-refractivity contribution is 5.91.